The summed E-state index contributed by atoms with van der Waals surface area (Å²) in [6.07, 6.45) is 2.31. The van der Waals surface area contributed by atoms with Crippen molar-refractivity contribution in [2.24, 2.45) is 5.16 Å². The number of nitro groups is 1. The van der Waals surface area contributed by atoms with Crippen LogP contribution < -0.4 is 4.84 Å². The second kappa shape index (κ2) is 12.1. The third-order valence-corrected chi connectivity index (χ3v) is 6.33. The molecule has 0 aliphatic carbocycles. The van der Waals surface area contributed by atoms with Gasteiger partial charge in [0.15, 0.2) is 11.5 Å². The van der Waals surface area contributed by atoms with E-state index in [-0.39, 0.29) is 23.8 Å². The van der Waals surface area contributed by atoms with Gasteiger partial charge in [0.25, 0.3) is 5.69 Å². The van der Waals surface area contributed by atoms with E-state index in [1.807, 2.05) is 61.5 Å². The van der Waals surface area contributed by atoms with Crippen molar-refractivity contribution < 1.29 is 14.6 Å². The van der Waals surface area contributed by atoms with Crippen molar-refractivity contribution in [1.29, 1.82) is 0 Å². The van der Waals surface area contributed by atoms with E-state index in [0.29, 0.717) is 24.3 Å². The molecule has 1 heterocycles. The molecule has 0 saturated carbocycles. The number of hydrogen-bond donors (Lipinski definition) is 0. The van der Waals surface area contributed by atoms with Crippen molar-refractivity contribution in [3.8, 4) is 5.75 Å². The summed E-state index contributed by atoms with van der Waals surface area (Å²) in [5, 5.41) is 15.3. The van der Waals surface area contributed by atoms with Crippen LogP contribution in [0.15, 0.2) is 90.1 Å². The van der Waals surface area contributed by atoms with Gasteiger partial charge >= 0.3 is 0 Å². The first kappa shape index (κ1) is 26.5. The Morgan fingerprint density at radius 1 is 1.00 bits per heavy atom. The number of carbonyl (C=O) groups excluding carboxylic acids is 1. The Morgan fingerprint density at radius 2 is 1.71 bits per heavy atom. The summed E-state index contributed by atoms with van der Waals surface area (Å²) < 4.78 is 2.11. The molecule has 7 heteroatoms. The molecule has 7 nitrogen and oxygen atoms in total. The number of aryl methyl sites for hydroxylation is 2. The Kier molecular flexibility index (Phi) is 8.48. The highest BCUT2D eigenvalue weighted by Crippen LogP contribution is 2.27. The number of ketones is 1. The second-order valence-corrected chi connectivity index (χ2v) is 9.58. The van der Waals surface area contributed by atoms with Gasteiger partial charge in [0, 0.05) is 36.4 Å². The van der Waals surface area contributed by atoms with Gasteiger partial charge in [0.2, 0.25) is 0 Å². The van der Waals surface area contributed by atoms with Crippen molar-refractivity contribution in [3.05, 3.63) is 129 Å². The van der Waals surface area contributed by atoms with Crippen LogP contribution in [0.4, 0.5) is 5.69 Å². The number of hydrogen-bond acceptors (Lipinski definition) is 5. The van der Waals surface area contributed by atoms with Crippen LogP contribution in [0.1, 0.15) is 64.6 Å². The smallest absolute Gasteiger partial charge is 0.269 e. The molecule has 0 spiro atoms. The lowest BCUT2D eigenvalue weighted by molar-refractivity contribution is -0.384. The zero-order valence-corrected chi connectivity index (χ0v) is 21.8. The van der Waals surface area contributed by atoms with E-state index in [0.717, 1.165) is 28.1 Å². The lowest BCUT2D eigenvalue weighted by Gasteiger charge is -2.16. The van der Waals surface area contributed by atoms with Gasteiger partial charge in [-0.1, -0.05) is 79.2 Å². The summed E-state index contributed by atoms with van der Waals surface area (Å²) >= 11 is 0. The Hall–Kier alpha value is -4.52. The standard InChI is InChI=1S/C31H31N3O4/c1-22(2)31-29(30(35)17-14-24-10-7-11-26(18-24)34(36)37)19-27(33(31)21-25-8-5-4-6-9-25)20-32-38-28-15-12-23(3)13-16-28/h4-13,15-16,18-20,22H,14,17,21H2,1-3H3/b32-20+. The van der Waals surface area contributed by atoms with Crippen LogP contribution in [0.3, 0.4) is 0 Å². The second-order valence-electron chi connectivity index (χ2n) is 9.58. The summed E-state index contributed by atoms with van der Waals surface area (Å²) in [6.45, 7) is 6.72. The van der Waals surface area contributed by atoms with Gasteiger partial charge in [-0.25, -0.2) is 0 Å². The largest absolute Gasteiger partial charge is 0.357 e. The molecule has 4 aromatic rings. The summed E-state index contributed by atoms with van der Waals surface area (Å²) in [7, 11) is 0. The highest BCUT2D eigenvalue weighted by molar-refractivity contribution is 5.99. The van der Waals surface area contributed by atoms with Crippen LogP contribution in [0.2, 0.25) is 0 Å². The summed E-state index contributed by atoms with van der Waals surface area (Å²) in [4.78, 5) is 29.8. The molecule has 0 amide bonds. The number of nitrogens with zero attached hydrogens (tertiary/aromatic N) is 3. The molecule has 38 heavy (non-hydrogen) atoms. The monoisotopic (exact) mass is 509 g/mol. The lowest BCUT2D eigenvalue weighted by Crippen LogP contribution is -2.12. The molecule has 0 unspecified atom stereocenters. The molecule has 3 aromatic carbocycles. The topological polar surface area (TPSA) is 86.7 Å². The van der Waals surface area contributed by atoms with E-state index in [1.165, 1.54) is 12.1 Å². The maximum absolute atomic E-state index is 13.5. The summed E-state index contributed by atoms with van der Waals surface area (Å²) in [6, 6.07) is 26.0. The summed E-state index contributed by atoms with van der Waals surface area (Å²) in [5.41, 5.74) is 5.35. The van der Waals surface area contributed by atoms with Gasteiger partial charge in [-0.3, -0.25) is 14.9 Å². The molecular formula is C31H31N3O4. The van der Waals surface area contributed by atoms with Crippen LogP contribution in [0, 0.1) is 17.0 Å². The fourth-order valence-corrected chi connectivity index (χ4v) is 4.44. The van der Waals surface area contributed by atoms with Gasteiger partial charge < -0.3 is 9.40 Å². The first-order valence-corrected chi connectivity index (χ1v) is 12.6. The number of nitro benzene ring substituents is 1. The van der Waals surface area contributed by atoms with Crippen LogP contribution in [0.25, 0.3) is 0 Å². The van der Waals surface area contributed by atoms with Crippen molar-refractivity contribution in [2.45, 2.75) is 46.1 Å². The average molecular weight is 510 g/mol. The van der Waals surface area contributed by atoms with Crippen molar-refractivity contribution >= 4 is 17.7 Å². The number of carbonyl (C=O) groups is 1. The van der Waals surface area contributed by atoms with E-state index >= 15 is 0 Å². The molecule has 1 aromatic heterocycles. The Morgan fingerprint density at radius 3 is 2.39 bits per heavy atom. The molecule has 0 aliphatic rings. The third-order valence-electron chi connectivity index (χ3n) is 6.33. The predicted octanol–water partition coefficient (Wildman–Crippen LogP) is 7.10. The predicted molar refractivity (Wildman–Crippen MR) is 149 cm³/mol. The zero-order chi connectivity index (χ0) is 27.1. The number of Topliss-reactive ketones (excluding diaryl/α,β-unsaturated/α-hetero) is 1. The van der Waals surface area contributed by atoms with Gasteiger partial charge in [0.1, 0.15) is 0 Å². The highest BCUT2D eigenvalue weighted by atomic mass is 16.6. The number of benzene rings is 3. The lowest BCUT2D eigenvalue weighted by atomic mass is 9.98. The van der Waals surface area contributed by atoms with Crippen LogP contribution in [-0.4, -0.2) is 21.5 Å². The fraction of sp³-hybridized carbons (Fsp3) is 0.226. The van der Waals surface area contributed by atoms with E-state index < -0.39 is 4.92 Å². The van der Waals surface area contributed by atoms with Crippen LogP contribution >= 0.6 is 0 Å². The van der Waals surface area contributed by atoms with Crippen LogP contribution in [-0.2, 0) is 13.0 Å². The molecule has 0 radical (unpaired) electrons. The molecule has 0 bridgehead atoms. The highest BCUT2D eigenvalue weighted by Gasteiger charge is 2.22. The first-order chi connectivity index (χ1) is 18.3. The quantitative estimate of drug-likeness (QED) is 0.0933. The van der Waals surface area contributed by atoms with Crippen molar-refractivity contribution in [3.63, 3.8) is 0 Å². The van der Waals surface area contributed by atoms with E-state index in [9.17, 15) is 14.9 Å². The molecule has 0 fully saturated rings. The Labute approximate surface area is 222 Å². The Bertz CT molecular complexity index is 1440. The van der Waals surface area contributed by atoms with Gasteiger partial charge in [-0.05, 0) is 48.6 Å². The molecule has 4 rings (SSSR count). The average Bonchev–Trinajstić information content (AvgIpc) is 3.27. The van der Waals surface area contributed by atoms with Gasteiger partial charge in [-0.15, -0.1) is 0 Å². The van der Waals surface area contributed by atoms with E-state index in [1.54, 1.807) is 12.3 Å². The fourth-order valence-electron chi connectivity index (χ4n) is 4.44. The molecule has 0 N–H and O–H groups in total. The first-order valence-electron chi connectivity index (χ1n) is 12.6. The van der Waals surface area contributed by atoms with Crippen molar-refractivity contribution in [1.82, 2.24) is 4.57 Å². The number of rotatable bonds is 11. The molecular weight excluding hydrogens is 478 g/mol. The number of oxime groups is 1. The summed E-state index contributed by atoms with van der Waals surface area (Å²) in [5.74, 6) is 0.696. The minimum atomic E-state index is -0.420. The zero-order valence-electron chi connectivity index (χ0n) is 21.8. The minimum absolute atomic E-state index is 0.0129. The third kappa shape index (κ3) is 6.62. The number of aromatic nitrogens is 1. The molecule has 0 atom stereocenters. The maximum atomic E-state index is 13.5. The molecule has 0 aliphatic heterocycles. The minimum Gasteiger partial charge on any atom is -0.357 e. The van der Waals surface area contributed by atoms with Crippen molar-refractivity contribution in [2.75, 3.05) is 0 Å². The van der Waals surface area contributed by atoms with Crippen LogP contribution in [0.5, 0.6) is 5.75 Å². The van der Waals surface area contributed by atoms with E-state index in [2.05, 4.69) is 35.7 Å². The SMILES string of the molecule is Cc1ccc(O/N=C/c2cc(C(=O)CCc3cccc([N+](=O)[O-])c3)c(C(C)C)n2Cc2ccccc2)cc1. The van der Waals surface area contributed by atoms with Gasteiger partial charge in [-0.2, -0.15) is 0 Å². The Balaban J connectivity index is 1.64. The van der Waals surface area contributed by atoms with Gasteiger partial charge in [0.05, 0.1) is 16.8 Å². The maximum Gasteiger partial charge on any atom is 0.269 e. The van der Waals surface area contributed by atoms with E-state index in [4.69, 9.17) is 4.84 Å². The number of non-ortho nitro benzene ring substituents is 1. The molecule has 0 saturated heterocycles. The normalized spacial score (nSPS) is 11.3. The molecule has 194 valence electrons.